The molecule has 0 aliphatic carbocycles. The van der Waals surface area contributed by atoms with Gasteiger partial charge < -0.3 is 5.32 Å². The van der Waals surface area contributed by atoms with Crippen molar-refractivity contribution in [2.45, 2.75) is 25.2 Å². The van der Waals surface area contributed by atoms with Crippen LogP contribution in [0.5, 0.6) is 0 Å². The molecule has 0 saturated carbocycles. The molecular formula is C10H17N3O2S. The number of aromatic nitrogens is 1. The molecule has 6 heteroatoms. The van der Waals surface area contributed by atoms with Crippen LogP contribution in [-0.4, -0.2) is 26.5 Å². The summed E-state index contributed by atoms with van der Waals surface area (Å²) in [5.74, 6) is 0. The van der Waals surface area contributed by atoms with Gasteiger partial charge in [0.1, 0.15) is 4.90 Å². The first-order chi connectivity index (χ1) is 7.61. The number of pyridine rings is 1. The summed E-state index contributed by atoms with van der Waals surface area (Å²) in [4.78, 5) is 4.04. The highest BCUT2D eigenvalue weighted by atomic mass is 32.2. The zero-order chi connectivity index (χ0) is 12.0. The summed E-state index contributed by atoms with van der Waals surface area (Å²) in [7, 11) is -3.45. The summed E-state index contributed by atoms with van der Waals surface area (Å²) >= 11 is 0. The van der Waals surface area contributed by atoms with Gasteiger partial charge in [0.05, 0.1) is 5.69 Å². The number of hydrogen-bond donors (Lipinski definition) is 2. The fourth-order valence-corrected chi connectivity index (χ4v) is 2.43. The average molecular weight is 243 g/mol. The van der Waals surface area contributed by atoms with Crippen LogP contribution in [0.25, 0.3) is 0 Å². The Bertz CT molecular complexity index is 431. The van der Waals surface area contributed by atoms with Crippen LogP contribution in [0, 0.1) is 0 Å². The highest BCUT2D eigenvalue weighted by molar-refractivity contribution is 7.89. The molecule has 0 aliphatic heterocycles. The SMILES string of the molecule is CCCNc1ccncc1S(=O)(=O)NCC. The minimum atomic E-state index is -3.45. The van der Waals surface area contributed by atoms with Gasteiger partial charge in [0, 0.05) is 25.5 Å². The van der Waals surface area contributed by atoms with Crippen molar-refractivity contribution in [2.24, 2.45) is 0 Å². The Labute approximate surface area is 96.3 Å². The van der Waals surface area contributed by atoms with E-state index in [0.717, 1.165) is 13.0 Å². The van der Waals surface area contributed by atoms with E-state index >= 15 is 0 Å². The van der Waals surface area contributed by atoms with E-state index in [-0.39, 0.29) is 4.90 Å². The molecule has 0 unspecified atom stereocenters. The fraction of sp³-hybridized carbons (Fsp3) is 0.500. The van der Waals surface area contributed by atoms with Crippen molar-refractivity contribution < 1.29 is 8.42 Å². The topological polar surface area (TPSA) is 71.1 Å². The van der Waals surface area contributed by atoms with Gasteiger partial charge in [-0.05, 0) is 12.5 Å². The van der Waals surface area contributed by atoms with Gasteiger partial charge in [0.2, 0.25) is 10.0 Å². The molecule has 0 atom stereocenters. The zero-order valence-electron chi connectivity index (χ0n) is 9.53. The van der Waals surface area contributed by atoms with Crippen LogP contribution in [-0.2, 0) is 10.0 Å². The van der Waals surface area contributed by atoms with Gasteiger partial charge in [0.15, 0.2) is 0 Å². The summed E-state index contributed by atoms with van der Waals surface area (Å²) in [6.45, 7) is 4.86. The van der Waals surface area contributed by atoms with E-state index in [4.69, 9.17) is 0 Å². The van der Waals surface area contributed by atoms with Gasteiger partial charge in [-0.3, -0.25) is 4.98 Å². The molecule has 1 aromatic heterocycles. The molecule has 0 spiro atoms. The lowest BCUT2D eigenvalue weighted by molar-refractivity contribution is 0.584. The highest BCUT2D eigenvalue weighted by Gasteiger charge is 2.17. The molecular weight excluding hydrogens is 226 g/mol. The van der Waals surface area contributed by atoms with Crippen LogP contribution in [0.15, 0.2) is 23.4 Å². The zero-order valence-corrected chi connectivity index (χ0v) is 10.3. The highest BCUT2D eigenvalue weighted by Crippen LogP contribution is 2.18. The predicted octanol–water partition coefficient (Wildman–Crippen LogP) is 1.20. The molecule has 0 bridgehead atoms. The predicted molar refractivity (Wildman–Crippen MR) is 63.9 cm³/mol. The van der Waals surface area contributed by atoms with Crippen molar-refractivity contribution in [1.82, 2.24) is 9.71 Å². The largest absolute Gasteiger partial charge is 0.384 e. The maximum atomic E-state index is 11.8. The van der Waals surface area contributed by atoms with E-state index in [9.17, 15) is 8.42 Å². The summed E-state index contributed by atoms with van der Waals surface area (Å²) < 4.78 is 26.1. The molecule has 0 amide bonds. The lowest BCUT2D eigenvalue weighted by Crippen LogP contribution is -2.24. The van der Waals surface area contributed by atoms with Gasteiger partial charge in [-0.2, -0.15) is 0 Å². The molecule has 5 nitrogen and oxygen atoms in total. The summed E-state index contributed by atoms with van der Waals surface area (Å²) in [6, 6.07) is 1.67. The second-order valence-electron chi connectivity index (χ2n) is 3.30. The number of nitrogens with zero attached hydrogens (tertiary/aromatic N) is 1. The fourth-order valence-electron chi connectivity index (χ4n) is 1.27. The van der Waals surface area contributed by atoms with Crippen molar-refractivity contribution in [2.75, 3.05) is 18.4 Å². The molecule has 2 N–H and O–H groups in total. The quantitative estimate of drug-likeness (QED) is 0.787. The van der Waals surface area contributed by atoms with Gasteiger partial charge in [-0.25, -0.2) is 13.1 Å². The Morgan fingerprint density at radius 3 is 2.75 bits per heavy atom. The number of nitrogens with one attached hydrogen (secondary N) is 2. The number of anilines is 1. The third kappa shape index (κ3) is 3.18. The summed E-state index contributed by atoms with van der Waals surface area (Å²) in [6.07, 6.45) is 3.86. The van der Waals surface area contributed by atoms with E-state index in [1.165, 1.54) is 6.20 Å². The third-order valence-electron chi connectivity index (χ3n) is 1.97. The van der Waals surface area contributed by atoms with Gasteiger partial charge in [0.25, 0.3) is 0 Å². The second kappa shape index (κ2) is 5.81. The van der Waals surface area contributed by atoms with Gasteiger partial charge in [-0.1, -0.05) is 13.8 Å². The van der Waals surface area contributed by atoms with Gasteiger partial charge in [-0.15, -0.1) is 0 Å². The van der Waals surface area contributed by atoms with Crippen LogP contribution < -0.4 is 10.0 Å². The molecule has 1 heterocycles. The molecule has 0 aromatic carbocycles. The van der Waals surface area contributed by atoms with E-state index in [1.54, 1.807) is 19.2 Å². The van der Waals surface area contributed by atoms with E-state index in [1.807, 2.05) is 6.92 Å². The van der Waals surface area contributed by atoms with Crippen LogP contribution in [0.1, 0.15) is 20.3 Å². The molecule has 0 radical (unpaired) electrons. The van der Waals surface area contributed by atoms with Crippen molar-refractivity contribution >= 4 is 15.7 Å². The summed E-state index contributed by atoms with van der Waals surface area (Å²) in [5, 5.41) is 3.07. The minimum absolute atomic E-state index is 0.199. The van der Waals surface area contributed by atoms with Crippen molar-refractivity contribution in [3.63, 3.8) is 0 Å². The maximum Gasteiger partial charge on any atom is 0.244 e. The van der Waals surface area contributed by atoms with Crippen molar-refractivity contribution in [3.8, 4) is 0 Å². The molecule has 0 fully saturated rings. The number of rotatable bonds is 6. The summed E-state index contributed by atoms with van der Waals surface area (Å²) in [5.41, 5.74) is 0.595. The van der Waals surface area contributed by atoms with Crippen molar-refractivity contribution in [3.05, 3.63) is 18.5 Å². The first kappa shape index (κ1) is 12.9. The smallest absolute Gasteiger partial charge is 0.244 e. The average Bonchev–Trinajstić information content (AvgIpc) is 2.26. The molecule has 0 saturated heterocycles. The Morgan fingerprint density at radius 1 is 1.38 bits per heavy atom. The number of sulfonamides is 1. The molecule has 1 rings (SSSR count). The van der Waals surface area contributed by atoms with Crippen LogP contribution >= 0.6 is 0 Å². The minimum Gasteiger partial charge on any atom is -0.384 e. The third-order valence-corrected chi connectivity index (χ3v) is 3.55. The normalized spacial score (nSPS) is 11.4. The van der Waals surface area contributed by atoms with Crippen LogP contribution in [0.4, 0.5) is 5.69 Å². The van der Waals surface area contributed by atoms with Crippen LogP contribution in [0.3, 0.4) is 0 Å². The molecule has 0 aliphatic rings. The monoisotopic (exact) mass is 243 g/mol. The molecule has 90 valence electrons. The van der Waals surface area contributed by atoms with E-state index in [0.29, 0.717) is 12.2 Å². The Morgan fingerprint density at radius 2 is 2.12 bits per heavy atom. The Hall–Kier alpha value is -1.14. The molecule has 1 aromatic rings. The Balaban J connectivity index is 3.03. The van der Waals surface area contributed by atoms with E-state index < -0.39 is 10.0 Å². The van der Waals surface area contributed by atoms with E-state index in [2.05, 4.69) is 15.0 Å². The second-order valence-corrected chi connectivity index (χ2v) is 5.04. The number of hydrogen-bond acceptors (Lipinski definition) is 4. The lowest BCUT2D eigenvalue weighted by atomic mass is 10.4. The standard InChI is InChI=1S/C10H17N3O2S/c1-3-6-12-9-5-7-11-8-10(9)16(14,15)13-4-2/h5,7-8,13H,3-4,6H2,1-2H3,(H,11,12). The molecule has 16 heavy (non-hydrogen) atoms. The Kier molecular flexibility index (Phi) is 4.70. The van der Waals surface area contributed by atoms with Crippen LogP contribution in [0.2, 0.25) is 0 Å². The van der Waals surface area contributed by atoms with Gasteiger partial charge >= 0.3 is 0 Å². The maximum absolute atomic E-state index is 11.8. The first-order valence-electron chi connectivity index (χ1n) is 5.29. The lowest BCUT2D eigenvalue weighted by Gasteiger charge is -2.11. The first-order valence-corrected chi connectivity index (χ1v) is 6.77. The van der Waals surface area contributed by atoms with Crippen molar-refractivity contribution in [1.29, 1.82) is 0 Å².